The number of hydrogen-bond donors (Lipinski definition) is 3. The molecule has 0 aliphatic carbocycles. The Morgan fingerprint density at radius 3 is 2.89 bits per heavy atom. The van der Waals surface area contributed by atoms with Gasteiger partial charge in [-0.15, -0.1) is 0 Å². The number of amides is 1. The quantitative estimate of drug-likeness (QED) is 0.692. The van der Waals surface area contributed by atoms with Gasteiger partial charge in [-0.1, -0.05) is 0 Å². The minimum Gasteiger partial charge on any atom is -0.423 e. The molecule has 2 fully saturated rings. The summed E-state index contributed by atoms with van der Waals surface area (Å²) in [4.78, 5) is 24.0. The molecule has 2 aliphatic heterocycles. The molecule has 2 saturated heterocycles. The molecule has 0 spiro atoms. The van der Waals surface area contributed by atoms with Gasteiger partial charge in [0, 0.05) is 29.6 Å². The van der Waals surface area contributed by atoms with Gasteiger partial charge in [-0.05, 0) is 87.8 Å². The molecule has 1 aromatic carbocycles. The van der Waals surface area contributed by atoms with Gasteiger partial charge in [0.1, 0.15) is 5.58 Å². The van der Waals surface area contributed by atoms with Crippen molar-refractivity contribution in [2.75, 3.05) is 25.0 Å². The summed E-state index contributed by atoms with van der Waals surface area (Å²) < 4.78 is 5.27. The monoisotopic (exact) mass is 383 g/mol. The van der Waals surface area contributed by atoms with Crippen LogP contribution in [-0.4, -0.2) is 31.6 Å². The predicted octanol–water partition coefficient (Wildman–Crippen LogP) is 2.72. The van der Waals surface area contributed by atoms with Crippen LogP contribution >= 0.6 is 0 Å². The van der Waals surface area contributed by atoms with Crippen molar-refractivity contribution in [3.63, 3.8) is 0 Å². The molecule has 6 heteroatoms. The lowest BCUT2D eigenvalue weighted by Crippen LogP contribution is -2.54. The SMILES string of the molecule is Cc1cc2oc(=O)cc(C)c2cc1NC(=O)CCC[C@@H]1NC[C@@H]2CNC[C@H]1C2. The van der Waals surface area contributed by atoms with Gasteiger partial charge < -0.3 is 20.4 Å². The van der Waals surface area contributed by atoms with Crippen molar-refractivity contribution in [2.24, 2.45) is 11.8 Å². The van der Waals surface area contributed by atoms with E-state index in [0.29, 0.717) is 24.0 Å². The molecule has 28 heavy (non-hydrogen) atoms. The molecule has 0 saturated carbocycles. The van der Waals surface area contributed by atoms with E-state index in [4.69, 9.17) is 4.42 Å². The fraction of sp³-hybridized carbons (Fsp3) is 0.545. The fourth-order valence-corrected chi connectivity index (χ4v) is 4.65. The van der Waals surface area contributed by atoms with E-state index < -0.39 is 0 Å². The van der Waals surface area contributed by atoms with Gasteiger partial charge in [-0.2, -0.15) is 0 Å². The number of nitrogens with one attached hydrogen (secondary N) is 3. The van der Waals surface area contributed by atoms with Crippen LogP contribution in [0.5, 0.6) is 0 Å². The molecule has 2 aliphatic rings. The number of fused-ring (bicyclic) bond motifs is 3. The number of aryl methyl sites for hydroxylation is 2. The van der Waals surface area contributed by atoms with Crippen molar-refractivity contribution in [3.05, 3.63) is 39.7 Å². The first-order valence-corrected chi connectivity index (χ1v) is 10.3. The normalized spacial score (nSPS) is 24.3. The van der Waals surface area contributed by atoms with Crippen LogP contribution in [-0.2, 0) is 4.79 Å². The Balaban J connectivity index is 1.35. The Morgan fingerprint density at radius 2 is 2.04 bits per heavy atom. The van der Waals surface area contributed by atoms with Gasteiger partial charge in [0.05, 0.1) is 0 Å². The highest BCUT2D eigenvalue weighted by atomic mass is 16.4. The van der Waals surface area contributed by atoms with Gasteiger partial charge in [0.2, 0.25) is 5.91 Å². The number of rotatable bonds is 5. The minimum atomic E-state index is -0.350. The van der Waals surface area contributed by atoms with Gasteiger partial charge in [-0.3, -0.25) is 4.79 Å². The van der Waals surface area contributed by atoms with E-state index in [1.807, 2.05) is 26.0 Å². The molecule has 2 bridgehead atoms. The summed E-state index contributed by atoms with van der Waals surface area (Å²) in [7, 11) is 0. The summed E-state index contributed by atoms with van der Waals surface area (Å²) in [6, 6.07) is 5.71. The summed E-state index contributed by atoms with van der Waals surface area (Å²) in [5, 5.41) is 11.1. The highest BCUT2D eigenvalue weighted by molar-refractivity contribution is 5.95. The molecule has 3 atom stereocenters. The van der Waals surface area contributed by atoms with Crippen LogP contribution in [0.1, 0.15) is 36.8 Å². The first kappa shape index (κ1) is 19.2. The number of carbonyl (C=O) groups is 1. The third-order valence-electron chi connectivity index (χ3n) is 6.20. The van der Waals surface area contributed by atoms with Crippen LogP contribution in [0.3, 0.4) is 0 Å². The summed E-state index contributed by atoms with van der Waals surface area (Å²) in [6.45, 7) is 7.10. The lowest BCUT2D eigenvalue weighted by Gasteiger charge is -2.41. The zero-order chi connectivity index (χ0) is 19.7. The maximum Gasteiger partial charge on any atom is 0.336 e. The molecule has 6 nitrogen and oxygen atoms in total. The zero-order valence-electron chi connectivity index (χ0n) is 16.6. The van der Waals surface area contributed by atoms with Crippen molar-refractivity contribution in [1.29, 1.82) is 0 Å². The molecular formula is C22H29N3O3. The molecule has 150 valence electrons. The van der Waals surface area contributed by atoms with Crippen molar-refractivity contribution < 1.29 is 9.21 Å². The van der Waals surface area contributed by atoms with Crippen molar-refractivity contribution in [3.8, 4) is 0 Å². The van der Waals surface area contributed by atoms with Crippen LogP contribution in [0.25, 0.3) is 11.0 Å². The van der Waals surface area contributed by atoms with Gasteiger partial charge in [0.15, 0.2) is 0 Å². The molecular weight excluding hydrogens is 354 g/mol. The van der Waals surface area contributed by atoms with Gasteiger partial charge >= 0.3 is 5.63 Å². The average molecular weight is 383 g/mol. The predicted molar refractivity (Wildman–Crippen MR) is 111 cm³/mol. The van der Waals surface area contributed by atoms with Crippen LogP contribution in [0.4, 0.5) is 5.69 Å². The third-order valence-corrected chi connectivity index (χ3v) is 6.20. The lowest BCUT2D eigenvalue weighted by molar-refractivity contribution is -0.116. The molecule has 4 rings (SSSR count). The maximum absolute atomic E-state index is 12.5. The number of hydrogen-bond acceptors (Lipinski definition) is 5. The summed E-state index contributed by atoms with van der Waals surface area (Å²) in [5.41, 5.74) is 2.73. The first-order chi connectivity index (χ1) is 13.5. The van der Waals surface area contributed by atoms with Gasteiger partial charge in [0.25, 0.3) is 0 Å². The number of carbonyl (C=O) groups excluding carboxylic acids is 1. The number of benzene rings is 1. The summed E-state index contributed by atoms with van der Waals surface area (Å²) >= 11 is 0. The molecule has 1 aromatic heterocycles. The van der Waals surface area contributed by atoms with Crippen molar-refractivity contribution in [1.82, 2.24) is 10.6 Å². The minimum absolute atomic E-state index is 0.0351. The van der Waals surface area contributed by atoms with Crippen molar-refractivity contribution >= 4 is 22.6 Å². The van der Waals surface area contributed by atoms with Crippen LogP contribution in [0.2, 0.25) is 0 Å². The number of anilines is 1. The van der Waals surface area contributed by atoms with E-state index >= 15 is 0 Å². The standard InChI is InChI=1S/C22H29N3O3/c1-13-7-22(27)28-20-6-14(2)19(9-17(13)20)25-21(26)5-3-4-18-16-8-15(11-24-18)10-23-12-16/h6-7,9,15-16,18,23-24H,3-5,8,10-12H2,1-2H3,(H,25,26)/t15-,16+,18-/m0/s1. The molecule has 3 N–H and O–H groups in total. The zero-order valence-corrected chi connectivity index (χ0v) is 16.6. The molecule has 0 unspecified atom stereocenters. The largest absolute Gasteiger partial charge is 0.423 e. The Kier molecular flexibility index (Phi) is 5.51. The van der Waals surface area contributed by atoms with Gasteiger partial charge in [-0.25, -0.2) is 4.79 Å². The maximum atomic E-state index is 12.5. The van der Waals surface area contributed by atoms with Crippen LogP contribution < -0.4 is 21.6 Å². The second-order valence-electron chi connectivity index (χ2n) is 8.39. The Labute approximate surface area is 165 Å². The Morgan fingerprint density at radius 1 is 1.18 bits per heavy atom. The topological polar surface area (TPSA) is 83.4 Å². The molecule has 3 heterocycles. The van der Waals surface area contributed by atoms with E-state index in [-0.39, 0.29) is 11.5 Å². The van der Waals surface area contributed by atoms with Crippen molar-refractivity contribution in [2.45, 2.75) is 45.6 Å². The first-order valence-electron chi connectivity index (χ1n) is 10.3. The third kappa shape index (κ3) is 4.13. The van der Waals surface area contributed by atoms with E-state index in [2.05, 4.69) is 16.0 Å². The summed E-state index contributed by atoms with van der Waals surface area (Å²) in [5.74, 6) is 1.49. The fourth-order valence-electron chi connectivity index (χ4n) is 4.65. The van der Waals surface area contributed by atoms with E-state index in [1.165, 1.54) is 12.5 Å². The smallest absolute Gasteiger partial charge is 0.336 e. The van der Waals surface area contributed by atoms with Crippen LogP contribution in [0, 0.1) is 25.7 Å². The van der Waals surface area contributed by atoms with Crippen LogP contribution in [0.15, 0.2) is 27.4 Å². The second kappa shape index (κ2) is 8.05. The molecule has 1 amide bonds. The Hall–Kier alpha value is -2.18. The molecule has 2 aromatic rings. The average Bonchev–Trinajstić information content (AvgIpc) is 2.65. The lowest BCUT2D eigenvalue weighted by atomic mass is 9.80. The second-order valence-corrected chi connectivity index (χ2v) is 8.39. The molecule has 0 radical (unpaired) electrons. The van der Waals surface area contributed by atoms with E-state index in [9.17, 15) is 9.59 Å². The van der Waals surface area contributed by atoms with E-state index in [1.54, 1.807) is 0 Å². The Bertz CT molecular complexity index is 937. The number of piperidine rings is 2. The van der Waals surface area contributed by atoms with E-state index in [0.717, 1.165) is 60.6 Å². The highest BCUT2D eigenvalue weighted by Crippen LogP contribution is 2.27. The summed E-state index contributed by atoms with van der Waals surface area (Å²) in [6.07, 6.45) is 3.74. The highest BCUT2D eigenvalue weighted by Gasteiger charge is 2.32.